The summed E-state index contributed by atoms with van der Waals surface area (Å²) >= 11 is 1.37. The van der Waals surface area contributed by atoms with Crippen molar-refractivity contribution in [3.63, 3.8) is 0 Å². The van der Waals surface area contributed by atoms with Gasteiger partial charge in [-0.1, -0.05) is 11.8 Å². The molecular formula is C11H13N5OS. The summed E-state index contributed by atoms with van der Waals surface area (Å²) in [6.45, 7) is 0.986. The van der Waals surface area contributed by atoms with Gasteiger partial charge < -0.3 is 5.73 Å². The van der Waals surface area contributed by atoms with E-state index in [2.05, 4.69) is 9.97 Å². The molecule has 1 aromatic heterocycles. The van der Waals surface area contributed by atoms with Gasteiger partial charge in [-0.2, -0.15) is 5.26 Å². The third-order valence-electron chi connectivity index (χ3n) is 2.84. The zero-order valence-corrected chi connectivity index (χ0v) is 10.8. The van der Waals surface area contributed by atoms with Gasteiger partial charge in [0.1, 0.15) is 11.6 Å². The van der Waals surface area contributed by atoms with E-state index >= 15 is 0 Å². The van der Waals surface area contributed by atoms with Crippen LogP contribution in [0.15, 0.2) is 11.4 Å². The van der Waals surface area contributed by atoms with Crippen LogP contribution in [-0.4, -0.2) is 35.2 Å². The number of carbonyl (C=O) groups is 1. The second kappa shape index (κ2) is 5.33. The van der Waals surface area contributed by atoms with E-state index in [1.54, 1.807) is 0 Å². The number of hydrogen-bond donors (Lipinski definition) is 1. The fraction of sp³-hybridized carbons (Fsp3) is 0.455. The highest BCUT2D eigenvalue weighted by atomic mass is 32.2. The quantitative estimate of drug-likeness (QED) is 0.625. The van der Waals surface area contributed by atoms with E-state index in [4.69, 9.17) is 11.0 Å². The van der Waals surface area contributed by atoms with Crippen LogP contribution >= 0.6 is 11.8 Å². The maximum atomic E-state index is 11.9. The highest BCUT2D eigenvalue weighted by Crippen LogP contribution is 2.26. The molecule has 1 atom stereocenters. The first-order chi connectivity index (χ1) is 8.69. The largest absolute Gasteiger partial charge is 0.330 e. The molecule has 18 heavy (non-hydrogen) atoms. The zero-order valence-electron chi connectivity index (χ0n) is 9.96. The van der Waals surface area contributed by atoms with Gasteiger partial charge in [0.2, 0.25) is 5.91 Å². The second-order valence-corrected chi connectivity index (χ2v) is 4.79. The monoisotopic (exact) mass is 263 g/mol. The lowest BCUT2D eigenvalue weighted by molar-refractivity contribution is -0.117. The van der Waals surface area contributed by atoms with Gasteiger partial charge in [-0.25, -0.2) is 9.97 Å². The molecule has 0 spiro atoms. The van der Waals surface area contributed by atoms with Gasteiger partial charge in [0.15, 0.2) is 11.0 Å². The highest BCUT2D eigenvalue weighted by molar-refractivity contribution is 7.98. The highest BCUT2D eigenvalue weighted by Gasteiger charge is 2.32. The van der Waals surface area contributed by atoms with Crippen LogP contribution in [0.4, 0.5) is 5.82 Å². The number of carbonyl (C=O) groups excluding carboxylic acids is 1. The molecule has 7 heteroatoms. The average molecular weight is 263 g/mol. The number of thioether (sulfide) groups is 1. The Hall–Kier alpha value is -1.65. The van der Waals surface area contributed by atoms with Crippen LogP contribution in [0.25, 0.3) is 0 Å². The van der Waals surface area contributed by atoms with Crippen LogP contribution in [-0.2, 0) is 4.79 Å². The summed E-state index contributed by atoms with van der Waals surface area (Å²) in [7, 11) is 0. The Bertz CT molecular complexity index is 513. The summed E-state index contributed by atoms with van der Waals surface area (Å²) in [5.41, 5.74) is 5.90. The number of nitriles is 1. The number of aromatic nitrogens is 2. The van der Waals surface area contributed by atoms with Crippen LogP contribution in [0.5, 0.6) is 0 Å². The molecule has 1 aliphatic rings. The van der Waals surface area contributed by atoms with Gasteiger partial charge in [-0.15, -0.1) is 0 Å². The average Bonchev–Trinajstić information content (AvgIpc) is 2.79. The molecule has 0 radical (unpaired) electrons. The van der Waals surface area contributed by atoms with Gasteiger partial charge in [-0.3, -0.25) is 9.69 Å². The van der Waals surface area contributed by atoms with Crippen molar-refractivity contribution in [1.82, 2.24) is 9.97 Å². The van der Waals surface area contributed by atoms with Crippen molar-refractivity contribution in [3.8, 4) is 6.07 Å². The van der Waals surface area contributed by atoms with Crippen molar-refractivity contribution < 1.29 is 4.79 Å². The molecule has 0 bridgehead atoms. The SMILES string of the molecule is CSc1ncc(C#N)c(N2CC(CN)CC2=O)n1. The molecule has 2 N–H and O–H groups in total. The Morgan fingerprint density at radius 2 is 2.50 bits per heavy atom. The second-order valence-electron chi connectivity index (χ2n) is 4.02. The topological polar surface area (TPSA) is 95.9 Å². The Kier molecular flexibility index (Phi) is 3.79. The lowest BCUT2D eigenvalue weighted by Crippen LogP contribution is -2.27. The van der Waals surface area contributed by atoms with Crippen molar-refractivity contribution in [2.45, 2.75) is 11.6 Å². The standard InChI is InChI=1S/C11H13N5OS/c1-18-11-14-5-8(4-13)10(15-11)16-6-7(3-12)2-9(16)17/h5,7H,2-3,6,12H2,1H3. The maximum Gasteiger partial charge on any atom is 0.228 e. The summed E-state index contributed by atoms with van der Waals surface area (Å²) in [4.78, 5) is 21.7. The van der Waals surface area contributed by atoms with E-state index in [0.717, 1.165) is 0 Å². The summed E-state index contributed by atoms with van der Waals surface area (Å²) in [6.07, 6.45) is 3.72. The number of rotatable bonds is 3. The Labute approximate surface area is 109 Å². The van der Waals surface area contributed by atoms with E-state index in [1.807, 2.05) is 12.3 Å². The van der Waals surface area contributed by atoms with E-state index in [0.29, 0.717) is 36.0 Å². The minimum atomic E-state index is -0.0345. The van der Waals surface area contributed by atoms with E-state index in [9.17, 15) is 4.79 Å². The summed E-state index contributed by atoms with van der Waals surface area (Å²) in [5.74, 6) is 0.502. The van der Waals surface area contributed by atoms with Crippen molar-refractivity contribution in [2.24, 2.45) is 11.7 Å². The van der Waals surface area contributed by atoms with E-state index in [1.165, 1.54) is 22.9 Å². The summed E-state index contributed by atoms with van der Waals surface area (Å²) < 4.78 is 0. The molecule has 1 amide bonds. The smallest absolute Gasteiger partial charge is 0.228 e. The predicted octanol–water partition coefficient (Wildman–Crippen LogP) is 0.382. The lowest BCUT2D eigenvalue weighted by atomic mass is 10.1. The van der Waals surface area contributed by atoms with Crippen LogP contribution in [0.3, 0.4) is 0 Å². The third-order valence-corrected chi connectivity index (χ3v) is 3.41. The normalized spacial score (nSPS) is 19.1. The van der Waals surface area contributed by atoms with Gasteiger partial charge in [0.25, 0.3) is 0 Å². The Morgan fingerprint density at radius 3 is 3.06 bits per heavy atom. The number of anilines is 1. The molecule has 2 heterocycles. The first kappa shape index (κ1) is 12.8. The number of nitrogens with zero attached hydrogens (tertiary/aromatic N) is 4. The number of nitrogens with two attached hydrogens (primary N) is 1. The maximum absolute atomic E-state index is 11.9. The minimum absolute atomic E-state index is 0.0345. The molecule has 0 aliphatic carbocycles. The molecule has 0 aromatic carbocycles. The summed E-state index contributed by atoms with van der Waals surface area (Å²) in [5, 5.41) is 9.60. The van der Waals surface area contributed by atoms with E-state index < -0.39 is 0 Å². The lowest BCUT2D eigenvalue weighted by Gasteiger charge is -2.16. The van der Waals surface area contributed by atoms with Crippen LogP contribution in [0.2, 0.25) is 0 Å². The van der Waals surface area contributed by atoms with Gasteiger partial charge in [-0.05, 0) is 18.7 Å². The minimum Gasteiger partial charge on any atom is -0.330 e. The molecule has 1 unspecified atom stereocenters. The molecule has 94 valence electrons. The molecule has 2 rings (SSSR count). The molecular weight excluding hydrogens is 250 g/mol. The van der Waals surface area contributed by atoms with Crippen LogP contribution < -0.4 is 10.6 Å². The van der Waals surface area contributed by atoms with Crippen LogP contribution in [0, 0.1) is 17.2 Å². The van der Waals surface area contributed by atoms with Gasteiger partial charge in [0, 0.05) is 13.0 Å². The Balaban J connectivity index is 2.38. The van der Waals surface area contributed by atoms with Gasteiger partial charge >= 0.3 is 0 Å². The fourth-order valence-electron chi connectivity index (χ4n) is 1.88. The molecule has 0 saturated carbocycles. The molecule has 1 aliphatic heterocycles. The van der Waals surface area contributed by atoms with Crippen molar-refractivity contribution in [2.75, 3.05) is 24.2 Å². The van der Waals surface area contributed by atoms with Crippen molar-refractivity contribution in [3.05, 3.63) is 11.8 Å². The molecule has 1 aromatic rings. The number of hydrogen-bond acceptors (Lipinski definition) is 6. The zero-order chi connectivity index (χ0) is 13.1. The predicted molar refractivity (Wildman–Crippen MR) is 68.0 cm³/mol. The molecule has 1 saturated heterocycles. The first-order valence-corrected chi connectivity index (χ1v) is 6.73. The summed E-state index contributed by atoms with van der Waals surface area (Å²) in [6, 6.07) is 2.02. The fourth-order valence-corrected chi connectivity index (χ4v) is 2.22. The van der Waals surface area contributed by atoms with Crippen molar-refractivity contribution >= 4 is 23.5 Å². The Morgan fingerprint density at radius 1 is 1.72 bits per heavy atom. The van der Waals surface area contributed by atoms with Crippen molar-refractivity contribution in [1.29, 1.82) is 5.26 Å². The molecule has 6 nitrogen and oxygen atoms in total. The van der Waals surface area contributed by atoms with Crippen LogP contribution in [0.1, 0.15) is 12.0 Å². The molecule has 1 fully saturated rings. The first-order valence-electron chi connectivity index (χ1n) is 5.51. The van der Waals surface area contributed by atoms with Gasteiger partial charge in [0.05, 0.1) is 6.20 Å². The third kappa shape index (κ3) is 2.30. The number of amides is 1. The van der Waals surface area contributed by atoms with E-state index in [-0.39, 0.29) is 11.8 Å².